The number of nitro benzene ring substituents is 1. The van der Waals surface area contributed by atoms with Crippen molar-refractivity contribution < 1.29 is 9.66 Å². The molecule has 20 heavy (non-hydrogen) atoms. The molecule has 0 aliphatic rings. The van der Waals surface area contributed by atoms with E-state index in [1.165, 1.54) is 0 Å². The molecule has 0 saturated heterocycles. The van der Waals surface area contributed by atoms with E-state index in [-0.39, 0.29) is 23.6 Å². The molecule has 0 fully saturated rings. The lowest BCUT2D eigenvalue weighted by atomic mass is 10.1. The minimum absolute atomic E-state index is 0.00741. The molecule has 1 rings (SSSR count). The quantitative estimate of drug-likeness (QED) is 0.469. The number of para-hydroxylation sites is 1. The summed E-state index contributed by atoms with van der Waals surface area (Å²) in [5, 5.41) is 14.4. The van der Waals surface area contributed by atoms with Crippen LogP contribution in [0.5, 0.6) is 5.75 Å². The van der Waals surface area contributed by atoms with Crippen molar-refractivity contribution in [3.63, 3.8) is 0 Å². The molecule has 0 heterocycles. The van der Waals surface area contributed by atoms with E-state index in [0.29, 0.717) is 12.1 Å². The molecule has 1 aromatic carbocycles. The summed E-state index contributed by atoms with van der Waals surface area (Å²) in [6.07, 6.45) is 6.48. The molecule has 1 unspecified atom stereocenters. The van der Waals surface area contributed by atoms with E-state index in [9.17, 15) is 10.1 Å². The van der Waals surface area contributed by atoms with Crippen LogP contribution in [-0.2, 0) is 0 Å². The minimum atomic E-state index is -0.428. The Balaban J connectivity index is 3.12. The van der Waals surface area contributed by atoms with Gasteiger partial charge < -0.3 is 10.1 Å². The average Bonchev–Trinajstić information content (AvgIpc) is 2.37. The molecule has 5 heteroatoms. The minimum Gasteiger partial charge on any atom is -0.484 e. The van der Waals surface area contributed by atoms with E-state index in [4.69, 9.17) is 11.2 Å². The van der Waals surface area contributed by atoms with Gasteiger partial charge >= 0.3 is 5.69 Å². The molecular weight excluding hydrogens is 256 g/mol. The lowest BCUT2D eigenvalue weighted by molar-refractivity contribution is -0.385. The number of terminal acetylenes is 1. The summed E-state index contributed by atoms with van der Waals surface area (Å²) < 4.78 is 5.50. The maximum absolute atomic E-state index is 11.3. The number of hydrogen-bond donors (Lipinski definition) is 1. The molecule has 0 aromatic heterocycles. The fourth-order valence-corrected chi connectivity index (χ4v) is 1.84. The van der Waals surface area contributed by atoms with Gasteiger partial charge in [-0.3, -0.25) is 10.1 Å². The summed E-state index contributed by atoms with van der Waals surface area (Å²) in [5.74, 6) is 2.84. The number of nitrogens with zero attached hydrogens (tertiary/aromatic N) is 1. The Kier molecular flexibility index (Phi) is 5.85. The van der Waals surface area contributed by atoms with E-state index in [1.54, 1.807) is 18.2 Å². The Bertz CT molecular complexity index is 506. The Morgan fingerprint density at radius 2 is 2.20 bits per heavy atom. The number of anilines is 1. The Hall–Kier alpha value is -2.22. The van der Waals surface area contributed by atoms with Crippen LogP contribution in [0, 0.1) is 22.5 Å². The van der Waals surface area contributed by atoms with Crippen molar-refractivity contribution >= 4 is 11.4 Å². The first kappa shape index (κ1) is 15.8. The molecule has 0 radical (unpaired) electrons. The van der Waals surface area contributed by atoms with Gasteiger partial charge in [-0.25, -0.2) is 0 Å². The van der Waals surface area contributed by atoms with Crippen LogP contribution in [0.25, 0.3) is 0 Å². The summed E-state index contributed by atoms with van der Waals surface area (Å²) in [6, 6.07) is 5.01. The van der Waals surface area contributed by atoms with Gasteiger partial charge in [0.15, 0.2) is 5.75 Å². The highest BCUT2D eigenvalue weighted by Crippen LogP contribution is 2.36. The molecule has 1 N–H and O–H groups in total. The first-order valence-corrected chi connectivity index (χ1v) is 6.63. The van der Waals surface area contributed by atoms with Crippen LogP contribution in [0.4, 0.5) is 11.4 Å². The summed E-state index contributed by atoms with van der Waals surface area (Å²) >= 11 is 0. The molecule has 0 spiro atoms. The van der Waals surface area contributed by atoms with E-state index in [1.807, 2.05) is 20.8 Å². The van der Waals surface area contributed by atoms with Crippen molar-refractivity contribution in [2.45, 2.75) is 45.8 Å². The standard InChI is InChI=1S/C15H20N2O3/c1-5-8-12(6-2)16-13-9-7-10-14(20-11(3)4)15(13)17(18)19/h1,7,9-12,16H,6,8H2,2-4H3. The van der Waals surface area contributed by atoms with Crippen LogP contribution in [0.15, 0.2) is 18.2 Å². The summed E-state index contributed by atoms with van der Waals surface area (Å²) in [4.78, 5) is 10.9. The second kappa shape index (κ2) is 7.39. The molecule has 0 aliphatic heterocycles. The third-order valence-electron chi connectivity index (χ3n) is 2.76. The van der Waals surface area contributed by atoms with Gasteiger partial charge in [-0.2, -0.15) is 0 Å². The van der Waals surface area contributed by atoms with Gasteiger partial charge in [0.2, 0.25) is 0 Å². The highest BCUT2D eigenvalue weighted by molar-refractivity contribution is 5.68. The fraction of sp³-hybridized carbons (Fsp3) is 0.467. The van der Waals surface area contributed by atoms with Crippen molar-refractivity contribution in [1.29, 1.82) is 0 Å². The fourth-order valence-electron chi connectivity index (χ4n) is 1.84. The SMILES string of the molecule is C#CCC(CC)Nc1cccc(OC(C)C)c1[N+](=O)[O-]. The van der Waals surface area contributed by atoms with Crippen LogP contribution in [0.1, 0.15) is 33.6 Å². The average molecular weight is 276 g/mol. The molecule has 1 atom stereocenters. The van der Waals surface area contributed by atoms with E-state index in [2.05, 4.69) is 11.2 Å². The monoisotopic (exact) mass is 276 g/mol. The lowest BCUT2D eigenvalue weighted by Crippen LogP contribution is -2.19. The van der Waals surface area contributed by atoms with Gasteiger partial charge in [0.05, 0.1) is 11.0 Å². The lowest BCUT2D eigenvalue weighted by Gasteiger charge is -2.17. The van der Waals surface area contributed by atoms with Gasteiger partial charge in [0.1, 0.15) is 5.69 Å². The molecule has 0 saturated carbocycles. The molecule has 0 amide bonds. The first-order chi connectivity index (χ1) is 9.49. The van der Waals surface area contributed by atoms with E-state index >= 15 is 0 Å². The van der Waals surface area contributed by atoms with Crippen LogP contribution < -0.4 is 10.1 Å². The molecule has 1 aromatic rings. The van der Waals surface area contributed by atoms with Gasteiger partial charge in [-0.15, -0.1) is 12.3 Å². The van der Waals surface area contributed by atoms with Crippen molar-refractivity contribution in [2.75, 3.05) is 5.32 Å². The third kappa shape index (κ3) is 4.16. The third-order valence-corrected chi connectivity index (χ3v) is 2.76. The summed E-state index contributed by atoms with van der Waals surface area (Å²) in [5.41, 5.74) is 0.395. The summed E-state index contributed by atoms with van der Waals surface area (Å²) in [6.45, 7) is 5.64. The zero-order chi connectivity index (χ0) is 15.1. The molecule has 108 valence electrons. The van der Waals surface area contributed by atoms with Crippen molar-refractivity contribution in [3.05, 3.63) is 28.3 Å². The van der Waals surface area contributed by atoms with E-state index in [0.717, 1.165) is 6.42 Å². The smallest absolute Gasteiger partial charge is 0.333 e. The number of hydrogen-bond acceptors (Lipinski definition) is 4. The normalized spacial score (nSPS) is 11.8. The maximum atomic E-state index is 11.3. The predicted molar refractivity (Wildman–Crippen MR) is 80.0 cm³/mol. The van der Waals surface area contributed by atoms with E-state index < -0.39 is 4.92 Å². The largest absolute Gasteiger partial charge is 0.484 e. The highest BCUT2D eigenvalue weighted by atomic mass is 16.6. The molecule has 5 nitrogen and oxygen atoms in total. The zero-order valence-electron chi connectivity index (χ0n) is 12.1. The molecule has 0 aliphatic carbocycles. The molecular formula is C15H20N2O3. The highest BCUT2D eigenvalue weighted by Gasteiger charge is 2.23. The Morgan fingerprint density at radius 1 is 1.50 bits per heavy atom. The number of ether oxygens (including phenoxy) is 1. The van der Waals surface area contributed by atoms with Crippen LogP contribution >= 0.6 is 0 Å². The van der Waals surface area contributed by atoms with Gasteiger partial charge in [0.25, 0.3) is 0 Å². The number of nitrogens with one attached hydrogen (secondary N) is 1. The topological polar surface area (TPSA) is 64.4 Å². The number of rotatable bonds is 7. The van der Waals surface area contributed by atoms with Crippen molar-refractivity contribution in [2.24, 2.45) is 0 Å². The number of benzene rings is 1. The van der Waals surface area contributed by atoms with Crippen molar-refractivity contribution in [3.8, 4) is 18.1 Å². The van der Waals surface area contributed by atoms with Gasteiger partial charge in [-0.1, -0.05) is 13.0 Å². The second-order valence-electron chi connectivity index (χ2n) is 4.73. The first-order valence-electron chi connectivity index (χ1n) is 6.63. The Morgan fingerprint density at radius 3 is 2.70 bits per heavy atom. The number of nitro groups is 1. The van der Waals surface area contributed by atoms with Crippen molar-refractivity contribution in [1.82, 2.24) is 0 Å². The van der Waals surface area contributed by atoms with Gasteiger partial charge in [-0.05, 0) is 32.4 Å². The Labute approximate surface area is 119 Å². The van der Waals surface area contributed by atoms with Crippen LogP contribution in [0.2, 0.25) is 0 Å². The van der Waals surface area contributed by atoms with Crippen LogP contribution in [0.3, 0.4) is 0 Å². The molecule has 0 bridgehead atoms. The predicted octanol–water partition coefficient (Wildman–Crippen LogP) is 3.60. The van der Waals surface area contributed by atoms with Gasteiger partial charge in [0, 0.05) is 12.5 Å². The summed E-state index contributed by atoms with van der Waals surface area (Å²) in [7, 11) is 0. The second-order valence-corrected chi connectivity index (χ2v) is 4.73. The van der Waals surface area contributed by atoms with Crippen LogP contribution in [-0.4, -0.2) is 17.1 Å². The zero-order valence-corrected chi connectivity index (χ0v) is 12.1. The maximum Gasteiger partial charge on any atom is 0.333 e.